The van der Waals surface area contributed by atoms with E-state index in [-0.39, 0.29) is 17.1 Å². The minimum absolute atomic E-state index is 0.0482. The van der Waals surface area contributed by atoms with Crippen LogP contribution in [0.1, 0.15) is 35.3 Å². The van der Waals surface area contributed by atoms with Gasteiger partial charge in [0.1, 0.15) is 0 Å². The third-order valence-electron chi connectivity index (χ3n) is 3.71. The summed E-state index contributed by atoms with van der Waals surface area (Å²) in [4.78, 5) is 24.1. The second-order valence-electron chi connectivity index (χ2n) is 5.68. The Labute approximate surface area is 153 Å². The Kier molecular flexibility index (Phi) is 7.07. The number of anilines is 1. The molecule has 1 amide bonds. The van der Waals surface area contributed by atoms with Crippen LogP contribution in [-0.4, -0.2) is 23.7 Å². The zero-order valence-electron chi connectivity index (χ0n) is 14.7. The molecule has 0 heterocycles. The molecule has 5 heteroatoms. The standard InChI is InChI=1S/C20H23NO3S/c1-4-24-20(23)17-10-11-18(14(2)12-17)21-19(22)15(3)25-13-16-8-6-5-7-9-16/h5-12,15H,4,13H2,1-3H3,(H,21,22). The van der Waals surface area contributed by atoms with Crippen LogP contribution in [0.3, 0.4) is 0 Å². The Bertz CT molecular complexity index is 731. The van der Waals surface area contributed by atoms with E-state index in [0.717, 1.165) is 11.3 Å². The molecule has 0 bridgehead atoms. The van der Waals surface area contributed by atoms with Crippen molar-refractivity contribution in [2.45, 2.75) is 31.8 Å². The molecule has 25 heavy (non-hydrogen) atoms. The topological polar surface area (TPSA) is 55.4 Å². The number of hydrogen-bond acceptors (Lipinski definition) is 4. The zero-order valence-corrected chi connectivity index (χ0v) is 15.6. The number of carbonyl (C=O) groups excluding carboxylic acids is 2. The Morgan fingerprint density at radius 3 is 2.52 bits per heavy atom. The maximum absolute atomic E-state index is 12.4. The average molecular weight is 357 g/mol. The summed E-state index contributed by atoms with van der Waals surface area (Å²) in [6, 6.07) is 15.2. The van der Waals surface area contributed by atoms with Crippen LogP contribution in [0.15, 0.2) is 48.5 Å². The van der Waals surface area contributed by atoms with Crippen LogP contribution < -0.4 is 5.32 Å². The first kappa shape index (κ1) is 19.1. The molecule has 4 nitrogen and oxygen atoms in total. The first-order valence-corrected chi connectivity index (χ1v) is 9.30. The van der Waals surface area contributed by atoms with Crippen LogP contribution in [-0.2, 0) is 15.3 Å². The minimum Gasteiger partial charge on any atom is -0.462 e. The first-order valence-electron chi connectivity index (χ1n) is 8.25. The van der Waals surface area contributed by atoms with E-state index in [1.165, 1.54) is 5.56 Å². The molecule has 0 aromatic heterocycles. The molecule has 0 aliphatic heterocycles. The first-order chi connectivity index (χ1) is 12.0. The second kappa shape index (κ2) is 9.28. The molecule has 2 aromatic carbocycles. The summed E-state index contributed by atoms with van der Waals surface area (Å²) in [6.45, 7) is 5.87. The fraction of sp³-hybridized carbons (Fsp3) is 0.300. The van der Waals surface area contributed by atoms with Crippen LogP contribution in [0.4, 0.5) is 5.69 Å². The van der Waals surface area contributed by atoms with Gasteiger partial charge in [0.15, 0.2) is 0 Å². The van der Waals surface area contributed by atoms with Gasteiger partial charge in [0, 0.05) is 11.4 Å². The highest BCUT2D eigenvalue weighted by molar-refractivity contribution is 7.99. The van der Waals surface area contributed by atoms with Gasteiger partial charge in [0.05, 0.1) is 17.4 Å². The number of amides is 1. The van der Waals surface area contributed by atoms with E-state index < -0.39 is 0 Å². The lowest BCUT2D eigenvalue weighted by Crippen LogP contribution is -2.23. The maximum Gasteiger partial charge on any atom is 0.338 e. The van der Waals surface area contributed by atoms with E-state index in [4.69, 9.17) is 4.74 Å². The molecule has 2 aromatic rings. The highest BCUT2D eigenvalue weighted by Gasteiger charge is 2.15. The van der Waals surface area contributed by atoms with Crippen LogP contribution >= 0.6 is 11.8 Å². The molecule has 0 saturated carbocycles. The molecule has 0 fully saturated rings. The van der Waals surface area contributed by atoms with Gasteiger partial charge in [0.2, 0.25) is 5.91 Å². The fourth-order valence-corrected chi connectivity index (χ4v) is 3.10. The van der Waals surface area contributed by atoms with Crippen molar-refractivity contribution in [2.75, 3.05) is 11.9 Å². The normalized spacial score (nSPS) is 11.6. The number of esters is 1. The lowest BCUT2D eigenvalue weighted by atomic mass is 10.1. The summed E-state index contributed by atoms with van der Waals surface area (Å²) in [5, 5.41) is 2.76. The molecule has 0 spiro atoms. The number of nitrogens with one attached hydrogen (secondary N) is 1. The number of ether oxygens (including phenoxy) is 1. The number of carbonyl (C=O) groups is 2. The van der Waals surface area contributed by atoms with E-state index in [9.17, 15) is 9.59 Å². The highest BCUT2D eigenvalue weighted by atomic mass is 32.2. The largest absolute Gasteiger partial charge is 0.462 e. The lowest BCUT2D eigenvalue weighted by molar-refractivity contribution is -0.115. The van der Waals surface area contributed by atoms with E-state index >= 15 is 0 Å². The van der Waals surface area contributed by atoms with Gasteiger partial charge in [-0.05, 0) is 50.1 Å². The van der Waals surface area contributed by atoms with Gasteiger partial charge in [0.25, 0.3) is 0 Å². The van der Waals surface area contributed by atoms with Crippen molar-refractivity contribution >= 4 is 29.3 Å². The number of hydrogen-bond donors (Lipinski definition) is 1. The van der Waals surface area contributed by atoms with Crippen molar-refractivity contribution in [2.24, 2.45) is 0 Å². The van der Waals surface area contributed by atoms with Crippen molar-refractivity contribution in [3.63, 3.8) is 0 Å². The third kappa shape index (κ3) is 5.64. The van der Waals surface area contributed by atoms with Gasteiger partial charge in [-0.1, -0.05) is 30.3 Å². The quantitative estimate of drug-likeness (QED) is 0.745. The smallest absolute Gasteiger partial charge is 0.338 e. The molecule has 1 atom stereocenters. The molecule has 132 valence electrons. The Morgan fingerprint density at radius 1 is 1.16 bits per heavy atom. The van der Waals surface area contributed by atoms with E-state index in [1.807, 2.05) is 32.0 Å². The molecule has 0 aliphatic carbocycles. The molecule has 0 aliphatic rings. The van der Waals surface area contributed by atoms with E-state index in [0.29, 0.717) is 17.9 Å². The van der Waals surface area contributed by atoms with Gasteiger partial charge >= 0.3 is 5.97 Å². The fourth-order valence-electron chi connectivity index (χ4n) is 2.25. The van der Waals surface area contributed by atoms with Gasteiger partial charge in [-0.3, -0.25) is 4.79 Å². The van der Waals surface area contributed by atoms with Crippen LogP contribution in [0.25, 0.3) is 0 Å². The van der Waals surface area contributed by atoms with Gasteiger partial charge in [-0.15, -0.1) is 11.8 Å². The predicted molar refractivity (Wildman–Crippen MR) is 103 cm³/mol. The molecule has 2 rings (SSSR count). The second-order valence-corrected chi connectivity index (χ2v) is 7.01. The summed E-state index contributed by atoms with van der Waals surface area (Å²) in [5.74, 6) is 0.388. The molecule has 1 unspecified atom stereocenters. The van der Waals surface area contributed by atoms with Crippen LogP contribution in [0.5, 0.6) is 0 Å². The minimum atomic E-state index is -0.352. The van der Waals surface area contributed by atoms with Crippen LogP contribution in [0.2, 0.25) is 0 Å². The molecule has 0 radical (unpaired) electrons. The van der Waals surface area contributed by atoms with E-state index in [2.05, 4.69) is 17.4 Å². The Morgan fingerprint density at radius 2 is 1.88 bits per heavy atom. The predicted octanol–water partition coefficient (Wildman–Crippen LogP) is 4.43. The van der Waals surface area contributed by atoms with Gasteiger partial charge in [-0.25, -0.2) is 4.79 Å². The van der Waals surface area contributed by atoms with Crippen molar-refractivity contribution in [1.29, 1.82) is 0 Å². The van der Waals surface area contributed by atoms with E-state index in [1.54, 1.807) is 36.9 Å². The Hall–Kier alpha value is -2.27. The number of aryl methyl sites for hydroxylation is 1. The van der Waals surface area contributed by atoms with Gasteiger partial charge < -0.3 is 10.1 Å². The van der Waals surface area contributed by atoms with Crippen molar-refractivity contribution in [3.05, 3.63) is 65.2 Å². The molecule has 0 saturated heterocycles. The van der Waals surface area contributed by atoms with Gasteiger partial charge in [-0.2, -0.15) is 0 Å². The van der Waals surface area contributed by atoms with Crippen molar-refractivity contribution < 1.29 is 14.3 Å². The van der Waals surface area contributed by atoms with Crippen molar-refractivity contribution in [3.8, 4) is 0 Å². The monoisotopic (exact) mass is 357 g/mol. The van der Waals surface area contributed by atoms with Crippen molar-refractivity contribution in [1.82, 2.24) is 0 Å². The third-order valence-corrected chi connectivity index (χ3v) is 4.92. The number of benzene rings is 2. The summed E-state index contributed by atoms with van der Waals surface area (Å²) in [6.07, 6.45) is 0. The number of rotatable bonds is 7. The molecule has 1 N–H and O–H groups in total. The van der Waals surface area contributed by atoms with Crippen LogP contribution in [0, 0.1) is 6.92 Å². The molecular formula is C20H23NO3S. The summed E-state index contributed by atoms with van der Waals surface area (Å²) in [7, 11) is 0. The zero-order chi connectivity index (χ0) is 18.2. The Balaban J connectivity index is 1.94. The maximum atomic E-state index is 12.4. The molecular weight excluding hydrogens is 334 g/mol. The summed E-state index contributed by atoms with van der Waals surface area (Å²) in [5.41, 5.74) is 3.23. The highest BCUT2D eigenvalue weighted by Crippen LogP contribution is 2.21. The average Bonchev–Trinajstić information content (AvgIpc) is 2.62. The number of thioether (sulfide) groups is 1. The summed E-state index contributed by atoms with van der Waals surface area (Å²) >= 11 is 1.59. The lowest BCUT2D eigenvalue weighted by Gasteiger charge is -2.14. The SMILES string of the molecule is CCOC(=O)c1ccc(NC(=O)C(C)SCc2ccccc2)c(C)c1. The summed E-state index contributed by atoms with van der Waals surface area (Å²) < 4.78 is 4.99.